The Morgan fingerprint density at radius 3 is 2.62 bits per heavy atom. The minimum absolute atomic E-state index is 0.641. The molecule has 1 aromatic carbocycles. The van der Waals surface area contributed by atoms with Crippen molar-refractivity contribution in [2.45, 2.75) is 0 Å². The van der Waals surface area contributed by atoms with Crippen LogP contribution in [-0.2, 0) is 0 Å². The minimum Gasteiger partial charge on any atom is -0.497 e. The maximum atomic E-state index is 11.5. The van der Waals surface area contributed by atoms with Gasteiger partial charge in [0.1, 0.15) is 11.5 Å². The molecule has 0 radical (unpaired) electrons. The molecule has 0 unspecified atom stereocenters. The summed E-state index contributed by atoms with van der Waals surface area (Å²) in [5, 5.41) is 0. The number of aldehydes is 1. The van der Waals surface area contributed by atoms with Crippen molar-refractivity contribution in [1.29, 1.82) is 0 Å². The normalized spacial score (nSPS) is 10.6. The van der Waals surface area contributed by atoms with E-state index in [0.29, 0.717) is 11.3 Å². The Kier molecular flexibility index (Phi) is 3.36. The van der Waals surface area contributed by atoms with Gasteiger partial charge in [0.05, 0.1) is 19.7 Å². The Bertz CT molecular complexity index is 805. The molecule has 0 spiro atoms. The molecule has 0 fully saturated rings. The summed E-state index contributed by atoms with van der Waals surface area (Å²) in [4.78, 5) is 11.5. The van der Waals surface area contributed by atoms with E-state index in [1.807, 2.05) is 53.2 Å². The van der Waals surface area contributed by atoms with Gasteiger partial charge < -0.3 is 13.9 Å². The van der Waals surface area contributed by atoms with E-state index >= 15 is 0 Å². The van der Waals surface area contributed by atoms with E-state index in [2.05, 4.69) is 0 Å². The molecule has 0 aliphatic carbocycles. The van der Waals surface area contributed by atoms with Crippen LogP contribution in [-0.4, -0.2) is 24.9 Å². The van der Waals surface area contributed by atoms with Gasteiger partial charge in [-0.1, -0.05) is 6.07 Å². The van der Waals surface area contributed by atoms with Crippen molar-refractivity contribution in [2.75, 3.05) is 14.2 Å². The third kappa shape index (κ3) is 2.14. The van der Waals surface area contributed by atoms with Gasteiger partial charge in [0.15, 0.2) is 6.29 Å². The maximum absolute atomic E-state index is 11.5. The quantitative estimate of drug-likeness (QED) is 0.688. The SMILES string of the molecule is COc1ccc(OC)c(-c2cn3ccccc3c2C=O)c1. The second kappa shape index (κ2) is 5.32. The zero-order valence-corrected chi connectivity index (χ0v) is 11.9. The maximum Gasteiger partial charge on any atom is 0.152 e. The molecule has 0 bridgehead atoms. The van der Waals surface area contributed by atoms with E-state index in [1.54, 1.807) is 14.2 Å². The monoisotopic (exact) mass is 281 g/mol. The molecule has 0 aliphatic heterocycles. The molecule has 0 saturated heterocycles. The molecule has 106 valence electrons. The van der Waals surface area contributed by atoms with E-state index in [-0.39, 0.29) is 0 Å². The molecule has 0 amide bonds. The Labute approximate surface area is 122 Å². The van der Waals surface area contributed by atoms with Gasteiger partial charge in [-0.15, -0.1) is 0 Å². The Morgan fingerprint density at radius 1 is 1.05 bits per heavy atom. The Balaban J connectivity index is 2.31. The molecule has 0 N–H and O–H groups in total. The van der Waals surface area contributed by atoms with E-state index in [4.69, 9.17) is 9.47 Å². The largest absolute Gasteiger partial charge is 0.497 e. The van der Waals surface area contributed by atoms with Crippen molar-refractivity contribution in [3.63, 3.8) is 0 Å². The van der Waals surface area contributed by atoms with Crippen LogP contribution < -0.4 is 9.47 Å². The first-order chi connectivity index (χ1) is 10.3. The van der Waals surface area contributed by atoms with Crippen molar-refractivity contribution in [3.8, 4) is 22.6 Å². The smallest absolute Gasteiger partial charge is 0.152 e. The standard InChI is InChI=1S/C17H15NO3/c1-20-12-6-7-17(21-2)13(9-12)14-10-18-8-4-3-5-16(18)15(14)11-19/h3-11H,1-2H3. The number of aromatic nitrogens is 1. The van der Waals surface area contributed by atoms with Gasteiger partial charge in [0.25, 0.3) is 0 Å². The lowest BCUT2D eigenvalue weighted by Crippen LogP contribution is -1.91. The van der Waals surface area contributed by atoms with Crippen molar-refractivity contribution in [2.24, 2.45) is 0 Å². The fourth-order valence-electron chi connectivity index (χ4n) is 2.51. The van der Waals surface area contributed by atoms with Crippen LogP contribution in [0.5, 0.6) is 11.5 Å². The highest BCUT2D eigenvalue weighted by molar-refractivity contribution is 5.98. The predicted molar refractivity (Wildman–Crippen MR) is 81.3 cm³/mol. The molecule has 2 aromatic heterocycles. The molecular formula is C17H15NO3. The number of nitrogens with zero attached hydrogens (tertiary/aromatic N) is 1. The number of carbonyl (C=O) groups excluding carboxylic acids is 1. The van der Waals surface area contributed by atoms with Crippen molar-refractivity contribution >= 4 is 11.8 Å². The number of fused-ring (bicyclic) bond motifs is 1. The van der Waals surface area contributed by atoms with Crippen LogP contribution in [0.2, 0.25) is 0 Å². The highest BCUT2D eigenvalue weighted by atomic mass is 16.5. The van der Waals surface area contributed by atoms with Crippen molar-refractivity contribution in [1.82, 2.24) is 4.40 Å². The molecule has 3 rings (SSSR count). The van der Waals surface area contributed by atoms with Gasteiger partial charge in [-0.25, -0.2) is 0 Å². The average Bonchev–Trinajstić information content (AvgIpc) is 2.92. The van der Waals surface area contributed by atoms with Gasteiger partial charge in [-0.2, -0.15) is 0 Å². The highest BCUT2D eigenvalue weighted by Crippen LogP contribution is 2.36. The van der Waals surface area contributed by atoms with Crippen LogP contribution in [0.15, 0.2) is 48.8 Å². The first kappa shape index (κ1) is 13.2. The number of hydrogen-bond acceptors (Lipinski definition) is 3. The Hall–Kier alpha value is -2.75. The topological polar surface area (TPSA) is 39.9 Å². The first-order valence-electron chi connectivity index (χ1n) is 6.55. The van der Waals surface area contributed by atoms with Crippen molar-refractivity contribution in [3.05, 3.63) is 54.4 Å². The molecule has 3 aromatic rings. The molecule has 4 nitrogen and oxygen atoms in total. The molecule has 4 heteroatoms. The molecule has 2 heterocycles. The van der Waals surface area contributed by atoms with E-state index < -0.39 is 0 Å². The van der Waals surface area contributed by atoms with E-state index in [9.17, 15) is 4.79 Å². The summed E-state index contributed by atoms with van der Waals surface area (Å²) in [5.74, 6) is 1.42. The lowest BCUT2D eigenvalue weighted by molar-refractivity contribution is 0.112. The predicted octanol–water partition coefficient (Wildman–Crippen LogP) is 3.44. The molecule has 0 saturated carbocycles. The summed E-state index contributed by atoms with van der Waals surface area (Å²) in [6.45, 7) is 0. The van der Waals surface area contributed by atoms with Crippen LogP contribution in [0, 0.1) is 0 Å². The fourth-order valence-corrected chi connectivity index (χ4v) is 2.51. The summed E-state index contributed by atoms with van der Waals surface area (Å²) in [6, 6.07) is 11.3. The number of methoxy groups -OCH3 is 2. The minimum atomic E-state index is 0.641. The number of carbonyl (C=O) groups is 1. The van der Waals surface area contributed by atoms with Crippen LogP contribution in [0.4, 0.5) is 0 Å². The highest BCUT2D eigenvalue weighted by Gasteiger charge is 2.16. The van der Waals surface area contributed by atoms with Gasteiger partial charge in [-0.05, 0) is 30.3 Å². The zero-order chi connectivity index (χ0) is 14.8. The number of hydrogen-bond donors (Lipinski definition) is 0. The number of benzene rings is 1. The summed E-state index contributed by atoms with van der Waals surface area (Å²) in [6.07, 6.45) is 4.72. The van der Waals surface area contributed by atoms with Gasteiger partial charge in [0, 0.05) is 29.1 Å². The Morgan fingerprint density at radius 2 is 1.90 bits per heavy atom. The van der Waals surface area contributed by atoms with Gasteiger partial charge >= 0.3 is 0 Å². The number of pyridine rings is 1. The summed E-state index contributed by atoms with van der Waals surface area (Å²) in [7, 11) is 3.23. The second-order valence-corrected chi connectivity index (χ2v) is 4.63. The van der Waals surface area contributed by atoms with E-state index in [0.717, 1.165) is 28.7 Å². The third-order valence-corrected chi connectivity index (χ3v) is 3.54. The van der Waals surface area contributed by atoms with Crippen LogP contribution >= 0.6 is 0 Å². The summed E-state index contributed by atoms with van der Waals surface area (Å²) >= 11 is 0. The summed E-state index contributed by atoms with van der Waals surface area (Å²) in [5.41, 5.74) is 3.17. The van der Waals surface area contributed by atoms with Crippen LogP contribution in [0.25, 0.3) is 16.6 Å². The number of rotatable bonds is 4. The van der Waals surface area contributed by atoms with Gasteiger partial charge in [-0.3, -0.25) is 4.79 Å². The zero-order valence-electron chi connectivity index (χ0n) is 11.9. The van der Waals surface area contributed by atoms with Crippen molar-refractivity contribution < 1.29 is 14.3 Å². The molecule has 0 atom stereocenters. The lowest BCUT2D eigenvalue weighted by Gasteiger charge is -2.09. The molecular weight excluding hydrogens is 266 g/mol. The number of ether oxygens (including phenoxy) is 2. The fraction of sp³-hybridized carbons (Fsp3) is 0.118. The van der Waals surface area contributed by atoms with E-state index in [1.165, 1.54) is 0 Å². The average molecular weight is 281 g/mol. The first-order valence-corrected chi connectivity index (χ1v) is 6.55. The van der Waals surface area contributed by atoms with Gasteiger partial charge in [0.2, 0.25) is 0 Å². The summed E-state index contributed by atoms with van der Waals surface area (Å²) < 4.78 is 12.6. The van der Waals surface area contributed by atoms with Crippen LogP contribution in [0.3, 0.4) is 0 Å². The molecule has 0 aliphatic rings. The molecule has 21 heavy (non-hydrogen) atoms. The van der Waals surface area contributed by atoms with Crippen LogP contribution in [0.1, 0.15) is 10.4 Å². The second-order valence-electron chi connectivity index (χ2n) is 4.63. The lowest BCUT2D eigenvalue weighted by atomic mass is 10.0. The third-order valence-electron chi connectivity index (χ3n) is 3.54.